The largest absolute Gasteiger partial charge is 0.486 e. The van der Waals surface area contributed by atoms with Crippen LogP contribution in [-0.4, -0.2) is 0 Å². The Balaban J connectivity index is 1.86. The first-order chi connectivity index (χ1) is 9.75. The molecule has 0 saturated carbocycles. The second-order valence-corrected chi connectivity index (χ2v) is 5.49. The van der Waals surface area contributed by atoms with Crippen molar-refractivity contribution < 1.29 is 4.74 Å². The van der Waals surface area contributed by atoms with Crippen LogP contribution in [0.15, 0.2) is 48.5 Å². The highest BCUT2D eigenvalue weighted by atomic mass is 16.5. The Labute approximate surface area is 120 Å². The van der Waals surface area contributed by atoms with E-state index in [1.54, 1.807) is 0 Å². The maximum Gasteiger partial charge on any atom is 0.123 e. The fourth-order valence-electron chi connectivity index (χ4n) is 2.94. The highest BCUT2D eigenvalue weighted by Crippen LogP contribution is 2.35. The molecule has 20 heavy (non-hydrogen) atoms. The third-order valence-electron chi connectivity index (χ3n) is 4.08. The van der Waals surface area contributed by atoms with Crippen molar-refractivity contribution in [2.24, 2.45) is 5.73 Å². The average Bonchev–Trinajstić information content (AvgIpc) is 2.49. The minimum absolute atomic E-state index is 0.0563. The van der Waals surface area contributed by atoms with Gasteiger partial charge in [0.2, 0.25) is 0 Å². The molecule has 1 aliphatic carbocycles. The lowest BCUT2D eigenvalue weighted by Gasteiger charge is -2.26. The SMILES string of the molecule is CC(Oc1cccc2c1CCCC2N)c1ccccc1. The van der Waals surface area contributed by atoms with Gasteiger partial charge in [-0.1, -0.05) is 42.5 Å². The number of benzene rings is 2. The Morgan fingerprint density at radius 2 is 1.90 bits per heavy atom. The molecular formula is C18H21NO. The van der Waals surface area contributed by atoms with Crippen LogP contribution in [0.3, 0.4) is 0 Å². The molecule has 0 heterocycles. The summed E-state index contributed by atoms with van der Waals surface area (Å²) < 4.78 is 6.19. The van der Waals surface area contributed by atoms with Crippen LogP contribution in [0.25, 0.3) is 0 Å². The van der Waals surface area contributed by atoms with Crippen LogP contribution in [-0.2, 0) is 6.42 Å². The normalized spacial score (nSPS) is 19.2. The van der Waals surface area contributed by atoms with E-state index in [2.05, 4.69) is 37.3 Å². The summed E-state index contributed by atoms with van der Waals surface area (Å²) in [6.45, 7) is 2.09. The van der Waals surface area contributed by atoms with E-state index in [-0.39, 0.29) is 12.1 Å². The zero-order valence-electron chi connectivity index (χ0n) is 11.9. The minimum atomic E-state index is 0.0563. The molecule has 3 rings (SSSR count). The molecule has 2 aromatic rings. The Hall–Kier alpha value is -1.80. The molecule has 0 aromatic heterocycles. The lowest BCUT2D eigenvalue weighted by Crippen LogP contribution is -2.18. The number of ether oxygens (including phenoxy) is 1. The third-order valence-corrected chi connectivity index (χ3v) is 4.08. The van der Waals surface area contributed by atoms with Gasteiger partial charge in [-0.25, -0.2) is 0 Å². The maximum absolute atomic E-state index is 6.20. The number of fused-ring (bicyclic) bond motifs is 1. The van der Waals surface area contributed by atoms with E-state index in [4.69, 9.17) is 10.5 Å². The van der Waals surface area contributed by atoms with Crippen molar-refractivity contribution >= 4 is 0 Å². The van der Waals surface area contributed by atoms with E-state index >= 15 is 0 Å². The summed E-state index contributed by atoms with van der Waals surface area (Å²) in [6, 6.07) is 16.7. The van der Waals surface area contributed by atoms with Crippen LogP contribution in [0.1, 0.15) is 48.6 Å². The number of hydrogen-bond donors (Lipinski definition) is 1. The smallest absolute Gasteiger partial charge is 0.123 e. The van der Waals surface area contributed by atoms with Gasteiger partial charge >= 0.3 is 0 Å². The van der Waals surface area contributed by atoms with Crippen LogP contribution in [0.2, 0.25) is 0 Å². The summed E-state index contributed by atoms with van der Waals surface area (Å²) in [4.78, 5) is 0. The zero-order valence-corrected chi connectivity index (χ0v) is 11.9. The predicted molar refractivity (Wildman–Crippen MR) is 81.8 cm³/mol. The lowest BCUT2D eigenvalue weighted by atomic mass is 9.87. The Morgan fingerprint density at radius 3 is 2.70 bits per heavy atom. The van der Waals surface area contributed by atoms with Crippen LogP contribution < -0.4 is 10.5 Å². The zero-order chi connectivity index (χ0) is 13.9. The van der Waals surface area contributed by atoms with Crippen molar-refractivity contribution in [2.45, 2.75) is 38.3 Å². The summed E-state index contributed by atoms with van der Waals surface area (Å²) >= 11 is 0. The van der Waals surface area contributed by atoms with Crippen LogP contribution in [0.4, 0.5) is 0 Å². The van der Waals surface area contributed by atoms with Gasteiger partial charge in [0.25, 0.3) is 0 Å². The van der Waals surface area contributed by atoms with Gasteiger partial charge in [0.15, 0.2) is 0 Å². The average molecular weight is 267 g/mol. The number of hydrogen-bond acceptors (Lipinski definition) is 2. The van der Waals surface area contributed by atoms with Crippen LogP contribution in [0, 0.1) is 0 Å². The Kier molecular flexibility index (Phi) is 3.75. The van der Waals surface area contributed by atoms with Crippen molar-refractivity contribution in [1.82, 2.24) is 0 Å². The molecule has 2 nitrogen and oxygen atoms in total. The second-order valence-electron chi connectivity index (χ2n) is 5.49. The molecule has 2 aromatic carbocycles. The van der Waals surface area contributed by atoms with E-state index in [1.165, 1.54) is 16.7 Å². The molecule has 0 bridgehead atoms. The quantitative estimate of drug-likeness (QED) is 0.906. The number of rotatable bonds is 3. The standard InChI is InChI=1S/C18H21NO/c1-13(14-7-3-2-4-8-14)20-18-12-6-9-15-16(18)10-5-11-17(15)19/h2-4,6-9,12-13,17H,5,10-11,19H2,1H3. The molecular weight excluding hydrogens is 246 g/mol. The van der Waals surface area contributed by atoms with Crippen molar-refractivity contribution in [3.8, 4) is 5.75 Å². The maximum atomic E-state index is 6.20. The Morgan fingerprint density at radius 1 is 1.10 bits per heavy atom. The van der Waals surface area contributed by atoms with Crippen LogP contribution in [0.5, 0.6) is 5.75 Å². The van der Waals surface area contributed by atoms with Crippen molar-refractivity contribution in [3.63, 3.8) is 0 Å². The van der Waals surface area contributed by atoms with E-state index < -0.39 is 0 Å². The van der Waals surface area contributed by atoms with Crippen molar-refractivity contribution in [2.75, 3.05) is 0 Å². The van der Waals surface area contributed by atoms with Crippen LogP contribution >= 0.6 is 0 Å². The molecule has 2 N–H and O–H groups in total. The summed E-state index contributed by atoms with van der Waals surface area (Å²) in [6.07, 6.45) is 3.35. The molecule has 0 spiro atoms. The highest BCUT2D eigenvalue weighted by Gasteiger charge is 2.20. The summed E-state index contributed by atoms with van der Waals surface area (Å²) in [5, 5.41) is 0. The fraction of sp³-hybridized carbons (Fsp3) is 0.333. The minimum Gasteiger partial charge on any atom is -0.486 e. The van der Waals surface area contributed by atoms with E-state index in [1.807, 2.05) is 18.2 Å². The molecule has 2 atom stereocenters. The summed E-state index contributed by atoms with van der Waals surface area (Å²) in [5.41, 5.74) is 9.96. The van der Waals surface area contributed by atoms with Gasteiger partial charge in [-0.3, -0.25) is 0 Å². The predicted octanol–water partition coefficient (Wildman–Crippen LogP) is 4.16. The number of nitrogens with two attached hydrogens (primary N) is 1. The lowest BCUT2D eigenvalue weighted by molar-refractivity contribution is 0.223. The first-order valence-corrected chi connectivity index (χ1v) is 7.34. The molecule has 0 amide bonds. The topological polar surface area (TPSA) is 35.2 Å². The molecule has 0 fully saturated rings. The van der Waals surface area contributed by atoms with E-state index in [0.717, 1.165) is 25.0 Å². The van der Waals surface area contributed by atoms with Gasteiger partial charge in [0.05, 0.1) is 0 Å². The third kappa shape index (κ3) is 2.56. The van der Waals surface area contributed by atoms with Crippen molar-refractivity contribution in [3.05, 3.63) is 65.2 Å². The Bertz CT molecular complexity index is 579. The molecule has 0 aliphatic heterocycles. The molecule has 2 heteroatoms. The first kappa shape index (κ1) is 13.2. The van der Waals surface area contributed by atoms with E-state index in [9.17, 15) is 0 Å². The van der Waals surface area contributed by atoms with Crippen molar-refractivity contribution in [1.29, 1.82) is 0 Å². The molecule has 104 valence electrons. The fourth-order valence-corrected chi connectivity index (χ4v) is 2.94. The van der Waals surface area contributed by atoms with E-state index in [0.29, 0.717) is 0 Å². The second kappa shape index (κ2) is 5.68. The highest BCUT2D eigenvalue weighted by molar-refractivity contribution is 5.43. The molecule has 0 radical (unpaired) electrons. The van der Waals surface area contributed by atoms with Gasteiger partial charge < -0.3 is 10.5 Å². The van der Waals surface area contributed by atoms with Gasteiger partial charge in [-0.05, 0) is 48.9 Å². The van der Waals surface area contributed by atoms with Gasteiger partial charge in [0, 0.05) is 6.04 Å². The summed E-state index contributed by atoms with van der Waals surface area (Å²) in [5.74, 6) is 0.994. The summed E-state index contributed by atoms with van der Waals surface area (Å²) in [7, 11) is 0. The monoisotopic (exact) mass is 267 g/mol. The molecule has 0 saturated heterocycles. The van der Waals surface area contributed by atoms with Gasteiger partial charge in [0.1, 0.15) is 11.9 Å². The first-order valence-electron chi connectivity index (χ1n) is 7.34. The molecule has 2 unspecified atom stereocenters. The molecule has 1 aliphatic rings. The van der Waals surface area contributed by atoms with Gasteiger partial charge in [-0.2, -0.15) is 0 Å². The van der Waals surface area contributed by atoms with Gasteiger partial charge in [-0.15, -0.1) is 0 Å².